The molecule has 1 unspecified atom stereocenters. The summed E-state index contributed by atoms with van der Waals surface area (Å²) in [4.78, 5) is 14.7. The predicted molar refractivity (Wildman–Crippen MR) is 85.8 cm³/mol. The highest BCUT2D eigenvalue weighted by Crippen LogP contribution is 2.38. The van der Waals surface area contributed by atoms with Gasteiger partial charge in [-0.3, -0.25) is 4.79 Å². The number of hydrogen-bond acceptors (Lipinski definition) is 4. The summed E-state index contributed by atoms with van der Waals surface area (Å²) >= 11 is 0. The van der Waals surface area contributed by atoms with Gasteiger partial charge in [-0.1, -0.05) is 6.07 Å². The molecule has 6 nitrogen and oxygen atoms in total. The Balaban J connectivity index is 1.60. The van der Waals surface area contributed by atoms with Crippen LogP contribution in [-0.4, -0.2) is 30.6 Å². The van der Waals surface area contributed by atoms with Crippen LogP contribution in [0.2, 0.25) is 0 Å². The summed E-state index contributed by atoms with van der Waals surface area (Å²) in [5, 5.41) is 11.2. The van der Waals surface area contributed by atoms with Crippen LogP contribution in [0.15, 0.2) is 42.7 Å². The second-order valence-electron chi connectivity index (χ2n) is 6.01. The number of ether oxygens (including phenoxy) is 2. The molecular formula is C18H18N2O4. The fourth-order valence-corrected chi connectivity index (χ4v) is 3.34. The van der Waals surface area contributed by atoms with Crippen molar-refractivity contribution in [2.24, 2.45) is 0 Å². The van der Waals surface area contributed by atoms with E-state index >= 15 is 0 Å². The van der Waals surface area contributed by atoms with Crippen molar-refractivity contribution < 1.29 is 19.0 Å². The zero-order valence-corrected chi connectivity index (χ0v) is 13.2. The van der Waals surface area contributed by atoms with Crippen molar-refractivity contribution in [2.45, 2.75) is 18.9 Å². The lowest BCUT2D eigenvalue weighted by Crippen LogP contribution is -2.32. The maximum Gasteiger partial charge on any atom is 0.254 e. The minimum Gasteiger partial charge on any atom is -0.619 e. The Morgan fingerprint density at radius 3 is 2.67 bits per heavy atom. The van der Waals surface area contributed by atoms with Crippen LogP contribution in [0.5, 0.6) is 11.5 Å². The molecule has 124 valence electrons. The molecule has 0 N–H and O–H groups in total. The van der Waals surface area contributed by atoms with Crippen molar-refractivity contribution in [2.75, 3.05) is 19.8 Å². The molecule has 2 aliphatic heterocycles. The summed E-state index contributed by atoms with van der Waals surface area (Å²) in [6.45, 7) is 1.82. The largest absolute Gasteiger partial charge is 0.619 e. The topological polar surface area (TPSA) is 65.7 Å². The number of fused-ring (bicyclic) bond motifs is 1. The first kappa shape index (κ1) is 14.8. The molecule has 4 rings (SSSR count). The monoisotopic (exact) mass is 326 g/mol. The number of benzene rings is 1. The van der Waals surface area contributed by atoms with Gasteiger partial charge in [-0.15, -0.1) is 0 Å². The van der Waals surface area contributed by atoms with Crippen LogP contribution in [0.1, 0.15) is 34.8 Å². The molecular weight excluding hydrogens is 308 g/mol. The van der Waals surface area contributed by atoms with E-state index in [1.165, 1.54) is 12.4 Å². The van der Waals surface area contributed by atoms with Gasteiger partial charge in [-0.05, 0) is 30.5 Å². The average Bonchev–Trinajstić information content (AvgIpc) is 3.11. The molecule has 1 aromatic carbocycles. The van der Waals surface area contributed by atoms with Gasteiger partial charge in [-0.2, -0.15) is 4.73 Å². The highest BCUT2D eigenvalue weighted by atomic mass is 16.6. The molecule has 1 amide bonds. The highest BCUT2D eigenvalue weighted by molar-refractivity contribution is 5.94. The molecule has 0 aliphatic carbocycles. The summed E-state index contributed by atoms with van der Waals surface area (Å²) in [5.74, 6) is 1.45. The lowest BCUT2D eigenvalue weighted by molar-refractivity contribution is -0.605. The summed E-state index contributed by atoms with van der Waals surface area (Å²) in [6, 6.07) is 9.03. The Hall–Kier alpha value is -2.76. The van der Waals surface area contributed by atoms with E-state index in [4.69, 9.17) is 9.47 Å². The van der Waals surface area contributed by atoms with Crippen LogP contribution in [0.4, 0.5) is 0 Å². The number of likely N-dealkylation sites (tertiary alicyclic amines) is 1. The number of rotatable bonds is 2. The van der Waals surface area contributed by atoms with Gasteiger partial charge in [0.2, 0.25) is 0 Å². The smallest absolute Gasteiger partial charge is 0.254 e. The summed E-state index contributed by atoms with van der Waals surface area (Å²) in [7, 11) is 0. The van der Waals surface area contributed by atoms with Gasteiger partial charge in [0.15, 0.2) is 23.9 Å². The first-order valence-corrected chi connectivity index (χ1v) is 8.12. The number of nitrogens with zero attached hydrogens (tertiary/aromatic N) is 2. The molecule has 2 aliphatic rings. The summed E-state index contributed by atoms with van der Waals surface area (Å²) < 4.78 is 11.9. The average molecular weight is 326 g/mol. The van der Waals surface area contributed by atoms with Crippen molar-refractivity contribution >= 4 is 5.91 Å². The van der Waals surface area contributed by atoms with Crippen molar-refractivity contribution in [1.82, 2.24) is 4.90 Å². The van der Waals surface area contributed by atoms with Crippen LogP contribution in [0.3, 0.4) is 0 Å². The minimum absolute atomic E-state index is 0.0212. The lowest BCUT2D eigenvalue weighted by atomic mass is 10.0. The molecule has 1 fully saturated rings. The molecule has 0 bridgehead atoms. The van der Waals surface area contributed by atoms with Gasteiger partial charge in [-0.25, -0.2) is 0 Å². The van der Waals surface area contributed by atoms with Crippen LogP contribution in [-0.2, 0) is 0 Å². The Morgan fingerprint density at radius 2 is 1.88 bits per heavy atom. The van der Waals surface area contributed by atoms with Gasteiger partial charge in [0.25, 0.3) is 5.91 Å². The lowest BCUT2D eigenvalue weighted by Gasteiger charge is -2.26. The number of aromatic nitrogens is 1. The van der Waals surface area contributed by atoms with Crippen molar-refractivity contribution in [3.05, 3.63) is 59.1 Å². The maximum absolute atomic E-state index is 12.8. The second-order valence-corrected chi connectivity index (χ2v) is 6.01. The molecule has 3 heterocycles. The molecule has 0 radical (unpaired) electrons. The normalized spacial score (nSPS) is 19.3. The van der Waals surface area contributed by atoms with Gasteiger partial charge < -0.3 is 19.6 Å². The molecule has 6 heteroatoms. The Bertz CT molecular complexity index is 760. The van der Waals surface area contributed by atoms with E-state index in [0.717, 1.165) is 29.9 Å². The molecule has 0 spiro atoms. The van der Waals surface area contributed by atoms with E-state index in [-0.39, 0.29) is 11.9 Å². The predicted octanol–water partition coefficient (Wildman–Crippen LogP) is 2.07. The first-order chi connectivity index (χ1) is 11.7. The Kier molecular flexibility index (Phi) is 3.72. The van der Waals surface area contributed by atoms with Gasteiger partial charge >= 0.3 is 0 Å². The van der Waals surface area contributed by atoms with E-state index < -0.39 is 0 Å². The molecule has 24 heavy (non-hydrogen) atoms. The van der Waals surface area contributed by atoms with E-state index in [0.29, 0.717) is 30.1 Å². The highest BCUT2D eigenvalue weighted by Gasteiger charge is 2.31. The molecule has 1 aromatic heterocycles. The third kappa shape index (κ3) is 2.64. The van der Waals surface area contributed by atoms with Crippen LogP contribution >= 0.6 is 0 Å². The minimum atomic E-state index is -0.0482. The first-order valence-electron chi connectivity index (χ1n) is 8.12. The third-order valence-corrected chi connectivity index (χ3v) is 4.51. The molecule has 1 atom stereocenters. The fourth-order valence-electron chi connectivity index (χ4n) is 3.34. The molecule has 1 saturated heterocycles. The molecule has 2 aromatic rings. The second kappa shape index (κ2) is 6.03. The zero-order chi connectivity index (χ0) is 16.5. The van der Waals surface area contributed by atoms with Crippen LogP contribution in [0, 0.1) is 5.21 Å². The van der Waals surface area contributed by atoms with Crippen LogP contribution < -0.4 is 14.2 Å². The number of amides is 1. The summed E-state index contributed by atoms with van der Waals surface area (Å²) in [6.07, 6.45) is 4.57. The van der Waals surface area contributed by atoms with E-state index in [9.17, 15) is 10.0 Å². The van der Waals surface area contributed by atoms with Crippen molar-refractivity contribution in [3.63, 3.8) is 0 Å². The zero-order valence-electron chi connectivity index (χ0n) is 13.2. The Labute approximate surface area is 139 Å². The van der Waals surface area contributed by atoms with Crippen LogP contribution in [0.25, 0.3) is 0 Å². The fraction of sp³-hybridized carbons (Fsp3) is 0.333. The standard InChI is InChI=1S/C18H18N2O4/c21-18(13-5-8-19(22)9-6-13)20-7-1-2-15(20)14-3-4-16-17(12-14)24-11-10-23-16/h3-6,8-9,12,15H,1-2,7,10-11H2. The SMILES string of the molecule is O=C(c1cc[n+]([O-])cc1)N1CCCC1c1ccc2c(c1)OCCO2. The Morgan fingerprint density at radius 1 is 1.12 bits per heavy atom. The number of pyridine rings is 1. The quantitative estimate of drug-likeness (QED) is 0.626. The van der Waals surface area contributed by atoms with Crippen molar-refractivity contribution in [1.29, 1.82) is 0 Å². The van der Waals surface area contributed by atoms with Gasteiger partial charge in [0, 0.05) is 18.7 Å². The third-order valence-electron chi connectivity index (χ3n) is 4.51. The van der Waals surface area contributed by atoms with Gasteiger partial charge in [0.05, 0.1) is 11.6 Å². The van der Waals surface area contributed by atoms with E-state index in [2.05, 4.69) is 0 Å². The maximum atomic E-state index is 12.8. The van der Waals surface area contributed by atoms with Gasteiger partial charge in [0.1, 0.15) is 13.2 Å². The molecule has 0 saturated carbocycles. The van der Waals surface area contributed by atoms with E-state index in [1.54, 1.807) is 12.1 Å². The summed E-state index contributed by atoms with van der Waals surface area (Å²) in [5.41, 5.74) is 1.59. The number of carbonyl (C=O) groups is 1. The van der Waals surface area contributed by atoms with Crippen molar-refractivity contribution in [3.8, 4) is 11.5 Å². The number of carbonyl (C=O) groups excluding carboxylic acids is 1. The van der Waals surface area contributed by atoms with E-state index in [1.807, 2.05) is 23.1 Å². The number of hydrogen-bond donors (Lipinski definition) is 0.